The van der Waals surface area contributed by atoms with Crippen molar-refractivity contribution < 1.29 is 43.0 Å². The van der Waals surface area contributed by atoms with Crippen LogP contribution in [-0.2, 0) is 87.9 Å². The number of carbonyl (C=O) groups excluding carboxylic acids is 6. The molecule has 7 aromatic heterocycles. The minimum atomic E-state index is -0.744. The maximum absolute atomic E-state index is 13.8. The van der Waals surface area contributed by atoms with Gasteiger partial charge in [-0.15, -0.1) is 0 Å². The van der Waals surface area contributed by atoms with Crippen LogP contribution in [0, 0.1) is 5.82 Å². The first-order valence-electron chi connectivity index (χ1n) is 45.7. The molecule has 5 aromatic carbocycles. The molecule has 724 valence electrons. The summed E-state index contributed by atoms with van der Waals surface area (Å²) in [7, 11) is 0. The van der Waals surface area contributed by atoms with Gasteiger partial charge in [-0.2, -0.15) is 30.6 Å². The SMILES string of the molecule is C=C(C)c1n[nH]c2c1CN(C(=O)Nc1cccc(Cl)c1)CC2.C=C(C)c1n[nH]c2c1CN(C(=O)Nc1ccnc(Cl)c1F)CC2.CC(C)c1n[nH]c2c1CN(C(=O)Nc1cccc(Cl)c1)CC2.CC(CO)c1n[nH]c2c1CN(C(=O)Nc1cccc(Cl)c1)CC2.CC1(c2n[nH]c3c2CN(C(=O)Nc2cccc(Cl)c2)CC3)CC1.O=C(Nc1cccc(Cl)c1)N1CCc2[nH]nc(C3CCOCC3)c2C1. The summed E-state index contributed by atoms with van der Waals surface area (Å²) >= 11 is 35.4. The molecule has 1 saturated heterocycles. The predicted octanol–water partition coefficient (Wildman–Crippen LogP) is 20.7. The third kappa shape index (κ3) is 24.8. The van der Waals surface area contributed by atoms with E-state index in [0.29, 0.717) is 145 Å². The average Bonchev–Trinajstić information content (AvgIpc) is 1.59. The van der Waals surface area contributed by atoms with Gasteiger partial charge < -0.3 is 71.1 Å². The van der Waals surface area contributed by atoms with E-state index in [9.17, 15) is 38.3 Å². The molecule has 14 heterocycles. The molecular weight excluding hydrogens is 1890 g/mol. The highest BCUT2D eigenvalue weighted by molar-refractivity contribution is 6.32. The molecule has 1 saturated carbocycles. The Hall–Kier alpha value is -12.8. The molecule has 0 spiro atoms. The van der Waals surface area contributed by atoms with Crippen molar-refractivity contribution in [3.63, 3.8) is 0 Å². The summed E-state index contributed by atoms with van der Waals surface area (Å²) < 4.78 is 19.3. The molecule has 1 aliphatic carbocycles. The number of anilines is 6. The minimum absolute atomic E-state index is 0.00751. The highest BCUT2D eigenvalue weighted by Crippen LogP contribution is 2.49. The van der Waals surface area contributed by atoms with Crippen LogP contribution in [-0.4, -0.2) is 196 Å². The summed E-state index contributed by atoms with van der Waals surface area (Å²) in [4.78, 5) is 89.0. The molecule has 2 fully saturated rings. The van der Waals surface area contributed by atoms with Crippen molar-refractivity contribution in [2.24, 2.45) is 0 Å². The fraction of sp³-hybridized carbons (Fsp3) is 0.357. The van der Waals surface area contributed by atoms with Crippen LogP contribution in [0.25, 0.3) is 11.1 Å². The van der Waals surface area contributed by atoms with Crippen LogP contribution in [0.5, 0.6) is 0 Å². The first kappa shape index (κ1) is 99.7. The van der Waals surface area contributed by atoms with Gasteiger partial charge in [0.25, 0.3) is 0 Å². The molecule has 0 radical (unpaired) electrons. The fourth-order valence-corrected chi connectivity index (χ4v) is 18.4. The molecular formula is C98H110Cl6FN25O8. The number of benzene rings is 5. The number of pyridine rings is 1. The number of amides is 12. The highest BCUT2D eigenvalue weighted by Gasteiger charge is 2.45. The largest absolute Gasteiger partial charge is 0.396 e. The molecule has 138 heavy (non-hydrogen) atoms. The quantitative estimate of drug-likeness (QED) is 0.0477. The van der Waals surface area contributed by atoms with Crippen LogP contribution in [0.2, 0.25) is 30.3 Å². The Bertz CT molecular complexity index is 6440. The lowest BCUT2D eigenvalue weighted by Crippen LogP contribution is -2.39. The topological polar surface area (TPSA) is 408 Å². The molecule has 12 amide bonds. The van der Waals surface area contributed by atoms with Crippen molar-refractivity contribution in [3.8, 4) is 0 Å². The molecule has 40 heteroatoms. The molecule has 20 rings (SSSR count). The zero-order valence-electron chi connectivity index (χ0n) is 77.3. The number of halogens is 7. The zero-order chi connectivity index (χ0) is 97.6. The molecule has 12 aromatic rings. The summed E-state index contributed by atoms with van der Waals surface area (Å²) in [5.74, 6) is -0.0299. The van der Waals surface area contributed by atoms with E-state index < -0.39 is 11.8 Å². The Balaban J connectivity index is 0.000000126. The van der Waals surface area contributed by atoms with Gasteiger partial charge in [-0.05, 0) is 154 Å². The fourth-order valence-electron chi connectivity index (χ4n) is 17.3. The van der Waals surface area contributed by atoms with Crippen molar-refractivity contribution >= 4 is 151 Å². The van der Waals surface area contributed by atoms with Crippen molar-refractivity contribution in [1.29, 1.82) is 0 Å². The summed E-state index contributed by atoms with van der Waals surface area (Å²) in [6.45, 7) is 28.6. The van der Waals surface area contributed by atoms with Gasteiger partial charge in [0.15, 0.2) is 11.0 Å². The van der Waals surface area contributed by atoms with Crippen molar-refractivity contribution in [2.75, 3.05) is 91.0 Å². The van der Waals surface area contributed by atoms with Crippen LogP contribution < -0.4 is 31.9 Å². The molecule has 7 aliphatic heterocycles. The lowest BCUT2D eigenvalue weighted by molar-refractivity contribution is 0.0841. The van der Waals surface area contributed by atoms with Crippen LogP contribution in [0.1, 0.15) is 187 Å². The standard InChI is InChI=1S/C18H21ClN4O2.C17H19ClN4O.C16H19ClN4O2.C16H19ClN4O.C16H17ClN4O.C15H15ClFN5O/c19-13-2-1-3-14(10-13)20-18(24)23-7-4-16-15(11-23)17(22-21-16)12-5-8-25-9-6-12;1-17(6-7-17)15-13-10-22(8-5-14(13)20-21-15)16(23)19-12-4-2-3-11(18)9-12;1-10(9-22)15-13-8-21(6-5-14(13)19-20-15)16(23)18-12-4-2-3-11(17)7-12;2*1-10(2)15-13-9-21(7-6-14(13)19-20-15)16(22)18-12-5-3-4-11(17)8-12;1-8(2)13-9-7-22(6-4-10(9)20-21-13)15(23)19-11-3-5-18-14(16)12(11)17/h1-3,10,12H,4-9,11H2,(H,20,24)(H,21,22);2-4,9H,5-8,10H2,1H3,(H,19,23)(H,20,21);2-4,7,10,22H,5-6,8-9H2,1H3,(H,18,23)(H,19,20);3-5,8,10H,6-7,9H2,1-2H3,(H,18,22)(H,19,20);3-5,8H,1,6-7,9H2,2H3,(H,18,22)(H,19,20);3,5H,1,4,6-7H2,2H3,(H,20,21)(H,18,19,23). The Labute approximate surface area is 827 Å². The van der Waals surface area contributed by atoms with E-state index in [0.717, 1.165) is 160 Å². The van der Waals surface area contributed by atoms with Crippen molar-refractivity contribution in [1.82, 2.24) is 95.6 Å². The maximum Gasteiger partial charge on any atom is 0.322 e. The third-order valence-electron chi connectivity index (χ3n) is 25.2. The van der Waals surface area contributed by atoms with E-state index in [4.69, 9.17) is 74.3 Å². The molecule has 1 unspecified atom stereocenters. The van der Waals surface area contributed by atoms with Gasteiger partial charge in [0.1, 0.15) is 0 Å². The van der Waals surface area contributed by atoms with Crippen LogP contribution in [0.15, 0.2) is 147 Å². The highest BCUT2D eigenvalue weighted by atomic mass is 35.5. The summed E-state index contributed by atoms with van der Waals surface area (Å²) in [6, 6.07) is 36.1. The first-order chi connectivity index (χ1) is 66.4. The van der Waals surface area contributed by atoms with Gasteiger partial charge in [0.05, 0.1) is 85.7 Å². The summed E-state index contributed by atoms with van der Waals surface area (Å²) in [5.41, 5.74) is 24.4. The smallest absolute Gasteiger partial charge is 0.322 e. The molecule has 1 atom stereocenters. The summed E-state index contributed by atoms with van der Waals surface area (Å²) in [5, 5.41) is 73.8. The second kappa shape index (κ2) is 45.2. The number of allylic oxidation sites excluding steroid dienone is 2. The Morgan fingerprint density at radius 3 is 1.13 bits per heavy atom. The van der Waals surface area contributed by atoms with Gasteiger partial charge in [-0.25, -0.2) is 38.1 Å². The number of nitrogens with one attached hydrogen (secondary N) is 12. The Morgan fingerprint density at radius 2 is 0.761 bits per heavy atom. The number of H-pyrrole nitrogens is 6. The van der Waals surface area contributed by atoms with E-state index in [1.54, 1.807) is 87.5 Å². The van der Waals surface area contributed by atoms with Crippen LogP contribution in [0.4, 0.5) is 67.3 Å². The number of aliphatic hydroxyl groups is 1. The monoisotopic (exact) mass is 1990 g/mol. The van der Waals surface area contributed by atoms with Crippen molar-refractivity contribution in [2.45, 2.75) is 168 Å². The van der Waals surface area contributed by atoms with E-state index >= 15 is 0 Å². The number of aliphatic hydroxyl groups excluding tert-OH is 1. The van der Waals surface area contributed by atoms with Gasteiger partial charge in [0, 0.05) is 236 Å². The van der Waals surface area contributed by atoms with E-state index in [1.165, 1.54) is 41.9 Å². The number of nitrogens with zero attached hydrogens (tertiary/aromatic N) is 13. The number of urea groups is 6. The summed E-state index contributed by atoms with van der Waals surface area (Å²) in [6.07, 6.45) is 10.2. The van der Waals surface area contributed by atoms with E-state index in [-0.39, 0.29) is 58.9 Å². The minimum Gasteiger partial charge on any atom is -0.396 e. The van der Waals surface area contributed by atoms with Gasteiger partial charge in [-0.3, -0.25) is 30.6 Å². The van der Waals surface area contributed by atoms with E-state index in [1.807, 2.05) is 84.0 Å². The van der Waals surface area contributed by atoms with E-state index in [2.05, 4.69) is 132 Å². The Morgan fingerprint density at radius 1 is 0.442 bits per heavy atom. The first-order valence-corrected chi connectivity index (χ1v) is 48.0. The molecule has 0 bridgehead atoms. The number of fused-ring (bicyclic) bond motifs is 6. The van der Waals surface area contributed by atoms with Gasteiger partial charge in [-0.1, -0.05) is 141 Å². The lowest BCUT2D eigenvalue weighted by Gasteiger charge is -2.29. The number of hydrogen-bond donors (Lipinski definition) is 13. The van der Waals surface area contributed by atoms with Gasteiger partial charge in [0.2, 0.25) is 0 Å². The normalized spacial score (nSPS) is 15.6. The number of rotatable bonds is 13. The number of hydrogen-bond acceptors (Lipinski definition) is 15. The lowest BCUT2D eigenvalue weighted by atomic mass is 9.91. The molecule has 33 nitrogen and oxygen atoms in total. The van der Waals surface area contributed by atoms with Crippen molar-refractivity contribution in [3.05, 3.63) is 285 Å². The second-order valence-corrected chi connectivity index (χ2v) is 38.2. The zero-order valence-corrected chi connectivity index (χ0v) is 81.8. The number of ether oxygens (including phenoxy) is 1. The number of aromatic nitrogens is 13. The third-order valence-corrected chi connectivity index (χ3v) is 26.6. The second-order valence-electron chi connectivity index (χ2n) is 35.7. The molecule has 13 N–H and O–H groups in total. The average molecular weight is 2000 g/mol. The molecule has 8 aliphatic rings. The predicted molar refractivity (Wildman–Crippen MR) is 535 cm³/mol. The maximum atomic E-state index is 13.8. The number of aromatic amines is 6. The Kier molecular flexibility index (Phi) is 32.7. The van der Waals surface area contributed by atoms with Gasteiger partial charge >= 0.3 is 36.2 Å². The van der Waals surface area contributed by atoms with Crippen LogP contribution >= 0.6 is 69.6 Å². The number of carbonyl (C=O) groups is 6. The van der Waals surface area contributed by atoms with Crippen LogP contribution in [0.3, 0.4) is 0 Å².